The molecule has 0 aromatic heterocycles. The van der Waals surface area contributed by atoms with E-state index in [0.29, 0.717) is 0 Å². The summed E-state index contributed by atoms with van der Waals surface area (Å²) in [5.74, 6) is 0. The second-order valence-electron chi connectivity index (χ2n) is 0.372. The average Bonchev–Trinajstić information content (AvgIpc) is 1.38. The first kappa shape index (κ1) is 4.72. The van der Waals surface area contributed by atoms with Crippen molar-refractivity contribution in [1.29, 1.82) is 4.78 Å². The lowest BCUT2D eigenvalue weighted by atomic mass is 12.0. The molecule has 0 spiro atoms. The molecule has 0 saturated carbocycles. The molecular formula is CH3NO2S. The Morgan fingerprint density at radius 1 is 2.00 bits per heavy atom. The summed E-state index contributed by atoms with van der Waals surface area (Å²) in [5, 5.41) is 7.34. The third-order valence-electron chi connectivity index (χ3n) is 0.0803. The first-order chi connectivity index (χ1) is 2.27. The van der Waals surface area contributed by atoms with E-state index in [2.05, 4.69) is 10.0 Å². The minimum Gasteiger partial charge on any atom is -0.234 e. The molecule has 4 heteroatoms. The lowest BCUT2D eigenvalue weighted by Gasteiger charge is -1.67. The molecule has 0 rings (SSSR count). The van der Waals surface area contributed by atoms with Gasteiger partial charge in [-0.25, -0.2) is 10.0 Å². The quantitative estimate of drug-likeness (QED) is 0.335. The maximum atomic E-state index is 7.34. The number of rotatable bonds is 0. The predicted octanol–water partition coefficient (Wildman–Crippen LogP) is 0.361. The largest absolute Gasteiger partial charge is 0.234 e. The highest BCUT2D eigenvalue weighted by Crippen LogP contribution is 1.53. The molecule has 0 bridgehead atoms. The Kier molecular flexibility index (Phi) is 1.88. The molecule has 0 aliphatic heterocycles. The van der Waals surface area contributed by atoms with Crippen LogP contribution in [-0.4, -0.2) is 5.26 Å². The van der Waals surface area contributed by atoms with Crippen LogP contribution in [0.5, 0.6) is 0 Å². The molecule has 0 fully saturated rings. The van der Waals surface area contributed by atoms with E-state index >= 15 is 0 Å². The highest BCUT2D eigenvalue weighted by Gasteiger charge is 1.51. The normalized spacial score (nSPS) is 7.20. The van der Waals surface area contributed by atoms with E-state index in [-0.39, 0.29) is 0 Å². The van der Waals surface area contributed by atoms with E-state index < -0.39 is 10.4 Å². The first-order valence-electron chi connectivity index (χ1n) is 0.789. The van der Waals surface area contributed by atoms with Gasteiger partial charge in [0, 0.05) is 0 Å². The topological polar surface area (TPSA) is 53.3 Å². The number of hydrogen-bond acceptors (Lipinski definition) is 3. The summed E-state index contributed by atoms with van der Waals surface area (Å²) in [5.41, 5.74) is 4.51. The van der Waals surface area contributed by atoms with Crippen molar-refractivity contribution in [3.05, 3.63) is 0 Å². The van der Waals surface area contributed by atoms with Gasteiger partial charge >= 0.3 is 0 Å². The second-order valence-corrected chi connectivity index (χ2v) is 1.12. The molecule has 30 valence electrons. The molecule has 0 aromatic carbocycles. The van der Waals surface area contributed by atoms with Crippen molar-refractivity contribution in [2.24, 2.45) is 0 Å². The molecule has 3 nitrogen and oxygen atoms in total. The Morgan fingerprint density at radius 2 is 2.20 bits per heavy atom. The van der Waals surface area contributed by atoms with Crippen molar-refractivity contribution < 1.29 is 9.59 Å². The molecule has 5 heavy (non-hydrogen) atoms. The van der Waals surface area contributed by atoms with E-state index in [0.717, 1.165) is 0 Å². The monoisotopic (exact) mass is 93.0 g/mol. The van der Waals surface area contributed by atoms with Gasteiger partial charge in [0.25, 0.3) is 0 Å². The van der Waals surface area contributed by atoms with Gasteiger partial charge in [-0.15, -0.1) is 4.33 Å². The Bertz CT molecular complexity index is 111. The van der Waals surface area contributed by atoms with Gasteiger partial charge in [-0.1, -0.05) is 5.69 Å². The van der Waals surface area contributed by atoms with Crippen LogP contribution in [0.2, 0.25) is 0 Å². The van der Waals surface area contributed by atoms with E-state index in [1.165, 1.54) is 0 Å². The number of nitrogens with one attached hydrogen (secondary N) is 1. The fourth-order valence-electron chi connectivity index (χ4n) is 0. The van der Waals surface area contributed by atoms with E-state index in [1.807, 2.05) is 0 Å². The molecule has 0 aliphatic rings. The van der Waals surface area contributed by atoms with Crippen molar-refractivity contribution in [3.63, 3.8) is 0 Å². The van der Waals surface area contributed by atoms with E-state index in [4.69, 9.17) is 10.0 Å². The molecule has 0 unspecified atom stereocenters. The van der Waals surface area contributed by atoms with E-state index in [1.54, 1.807) is 0 Å². The smallest absolute Gasteiger partial charge is 0.0651 e. The molecule has 0 saturated heterocycles. The highest BCUT2D eigenvalue weighted by atomic mass is 32.2. The van der Waals surface area contributed by atoms with Crippen LogP contribution in [-0.2, 0) is 14.7 Å². The lowest BCUT2D eigenvalue weighted by molar-refractivity contribution is -0.117. The Hall–Kier alpha value is -0.280. The minimum atomic E-state index is -1.52. The van der Waals surface area contributed by atoms with Crippen LogP contribution < -0.4 is 0 Å². The summed E-state index contributed by atoms with van der Waals surface area (Å²) < 4.78 is 9.38. The summed E-state index contributed by atoms with van der Waals surface area (Å²) in [6.45, 7) is 0. The second kappa shape index (κ2) is 1.99. The first-order valence-corrected chi connectivity index (χ1v) is 2.00. The molecule has 2 N–H and O–H groups in total. The zero-order chi connectivity index (χ0) is 4.28. The molecule has 0 amide bonds. The Labute approximate surface area is 31.4 Å². The van der Waals surface area contributed by atoms with Crippen LogP contribution in [0, 0.1) is 10.5 Å². The Morgan fingerprint density at radius 3 is 2.20 bits per heavy atom. The zero-order valence-electron chi connectivity index (χ0n) is 2.34. The van der Waals surface area contributed by atoms with Gasteiger partial charge in [-0.3, -0.25) is 0 Å². The van der Waals surface area contributed by atoms with E-state index in [9.17, 15) is 0 Å². The SMILES string of the molecule is C#S(=N)OO. The summed E-state index contributed by atoms with van der Waals surface area (Å²) >= 11 is 0. The molecule has 0 radical (unpaired) electrons. The Balaban J connectivity index is 3.39. The van der Waals surface area contributed by atoms with Gasteiger partial charge < -0.3 is 0 Å². The van der Waals surface area contributed by atoms with Gasteiger partial charge in [-0.2, -0.15) is 0 Å². The molecule has 0 aliphatic carbocycles. The third-order valence-corrected chi connectivity index (χ3v) is 0.241. The number of hydrogen-bond donors (Lipinski definition) is 2. The molecule has 0 heterocycles. The van der Waals surface area contributed by atoms with Crippen LogP contribution in [0.15, 0.2) is 0 Å². The van der Waals surface area contributed by atoms with Crippen LogP contribution in [0.25, 0.3) is 0 Å². The summed E-state index contributed by atoms with van der Waals surface area (Å²) in [6, 6.07) is 0. The van der Waals surface area contributed by atoms with Gasteiger partial charge in [0.15, 0.2) is 0 Å². The zero-order valence-corrected chi connectivity index (χ0v) is 3.16. The van der Waals surface area contributed by atoms with Crippen LogP contribution in [0.4, 0.5) is 0 Å². The fraction of sp³-hybridized carbons (Fsp3) is 0. The summed E-state index contributed by atoms with van der Waals surface area (Å²) in [6.07, 6.45) is 0. The lowest BCUT2D eigenvalue weighted by Crippen LogP contribution is -1.66. The minimum absolute atomic E-state index is 1.52. The maximum Gasteiger partial charge on any atom is 0.0651 e. The summed E-state index contributed by atoms with van der Waals surface area (Å²) in [4.78, 5) is 0. The standard InChI is InChI=1S/CH3NO2S/c1-5(2)4-3/h1-3H. The van der Waals surface area contributed by atoms with Crippen LogP contribution in [0.3, 0.4) is 0 Å². The molecule has 0 atom stereocenters. The van der Waals surface area contributed by atoms with Gasteiger partial charge in [0.2, 0.25) is 0 Å². The summed E-state index contributed by atoms with van der Waals surface area (Å²) in [7, 11) is -1.52. The van der Waals surface area contributed by atoms with Gasteiger partial charge in [0.05, 0.1) is 10.4 Å². The highest BCUT2D eigenvalue weighted by molar-refractivity contribution is 7.69. The third kappa shape index (κ3) is 3.72. The van der Waals surface area contributed by atoms with Crippen molar-refractivity contribution in [2.45, 2.75) is 0 Å². The van der Waals surface area contributed by atoms with Gasteiger partial charge in [0.1, 0.15) is 0 Å². The van der Waals surface area contributed by atoms with Crippen LogP contribution >= 0.6 is 0 Å². The average molecular weight is 93.1 g/mol. The van der Waals surface area contributed by atoms with Gasteiger partial charge in [-0.05, 0) is 0 Å². The fourth-order valence-corrected chi connectivity index (χ4v) is 0. The van der Waals surface area contributed by atoms with Crippen molar-refractivity contribution in [2.75, 3.05) is 0 Å². The molecule has 0 aromatic rings. The predicted molar refractivity (Wildman–Crippen MR) is 18.7 cm³/mol. The molecular weight excluding hydrogens is 90.1 g/mol. The van der Waals surface area contributed by atoms with Crippen LogP contribution in [0.1, 0.15) is 0 Å². The van der Waals surface area contributed by atoms with Crippen molar-refractivity contribution in [3.8, 4) is 5.69 Å². The van der Waals surface area contributed by atoms with Crippen molar-refractivity contribution >= 4 is 10.4 Å². The maximum absolute atomic E-state index is 7.34. The van der Waals surface area contributed by atoms with Crippen molar-refractivity contribution in [1.82, 2.24) is 0 Å².